The fraction of sp³-hybridized carbons (Fsp3) is 0.833. The number of sulfonamides is 1. The second-order valence-electron chi connectivity index (χ2n) is 2.63. The molecule has 1 unspecified atom stereocenters. The van der Waals surface area contributed by atoms with Gasteiger partial charge in [0.1, 0.15) is 0 Å². The Bertz CT molecular complexity index is 232. The quantitative estimate of drug-likeness (QED) is 0.674. The van der Waals surface area contributed by atoms with Crippen molar-refractivity contribution in [2.75, 3.05) is 0 Å². The van der Waals surface area contributed by atoms with Gasteiger partial charge < -0.3 is 0 Å². The Balaban J connectivity index is 4.11. The Hall–Kier alpha value is -0.420. The molecule has 66 valence electrons. The van der Waals surface area contributed by atoms with Gasteiger partial charge in [-0.15, -0.1) is 0 Å². The van der Waals surface area contributed by atoms with Gasteiger partial charge in [0.25, 0.3) is 15.1 Å². The third kappa shape index (κ3) is 4.10. The van der Waals surface area contributed by atoms with Crippen molar-refractivity contribution in [1.29, 1.82) is 0 Å². The molecular weight excluding hydrogens is 166 g/mol. The van der Waals surface area contributed by atoms with Crippen LogP contribution in [0.4, 0.5) is 0 Å². The summed E-state index contributed by atoms with van der Waals surface area (Å²) in [4.78, 5) is 10.7. The summed E-state index contributed by atoms with van der Waals surface area (Å²) < 4.78 is 20.8. The average Bonchev–Trinajstić information content (AvgIpc) is 1.85. The number of hydrogen-bond acceptors (Lipinski definition) is 3. The van der Waals surface area contributed by atoms with E-state index in [2.05, 4.69) is 5.14 Å². The molecule has 5 heteroatoms. The van der Waals surface area contributed by atoms with E-state index in [4.69, 9.17) is 0 Å². The molecule has 0 aromatic heterocycles. The van der Waals surface area contributed by atoms with Crippen LogP contribution in [0.2, 0.25) is 0 Å². The minimum absolute atomic E-state index is 0.0231. The summed E-state index contributed by atoms with van der Waals surface area (Å²) in [7, 11) is -3.95. The fourth-order valence-corrected chi connectivity index (χ4v) is 1.06. The average molecular weight is 179 g/mol. The molecule has 0 radical (unpaired) electrons. The van der Waals surface area contributed by atoms with E-state index >= 15 is 0 Å². The normalized spacial score (nSPS) is 14.5. The van der Waals surface area contributed by atoms with E-state index in [1.807, 2.05) is 13.8 Å². The van der Waals surface area contributed by atoms with Crippen molar-refractivity contribution in [2.45, 2.75) is 26.7 Å². The smallest absolute Gasteiger partial charge is 0.271 e. The standard InChI is InChI=1S/C6H13NO3S/c1-3-5(2)4-6(8)11(7,9)10/h5H,3-4H2,1-2H3,(H2,7,9,10). The van der Waals surface area contributed by atoms with E-state index in [1.54, 1.807) is 0 Å². The van der Waals surface area contributed by atoms with Crippen molar-refractivity contribution < 1.29 is 13.2 Å². The molecule has 0 bridgehead atoms. The fourth-order valence-electron chi connectivity index (χ4n) is 0.545. The molecular formula is C6H13NO3S. The molecule has 0 fully saturated rings. The van der Waals surface area contributed by atoms with Gasteiger partial charge in [-0.05, 0) is 5.92 Å². The number of carbonyl (C=O) groups excluding carboxylic acids is 1. The minimum atomic E-state index is -3.95. The lowest BCUT2D eigenvalue weighted by molar-refractivity contribution is -0.112. The zero-order valence-corrected chi connectivity index (χ0v) is 7.52. The Morgan fingerprint density at radius 3 is 2.27 bits per heavy atom. The van der Waals surface area contributed by atoms with Gasteiger partial charge >= 0.3 is 0 Å². The van der Waals surface area contributed by atoms with Crippen LogP contribution in [0.5, 0.6) is 0 Å². The first-order valence-corrected chi connectivity index (χ1v) is 4.98. The molecule has 2 N–H and O–H groups in total. The number of rotatable bonds is 3. The van der Waals surface area contributed by atoms with Crippen LogP contribution in [0.25, 0.3) is 0 Å². The van der Waals surface area contributed by atoms with Crippen LogP contribution in [0.1, 0.15) is 26.7 Å². The number of primary sulfonamides is 1. The van der Waals surface area contributed by atoms with Crippen molar-refractivity contribution in [3.63, 3.8) is 0 Å². The molecule has 0 saturated carbocycles. The van der Waals surface area contributed by atoms with Gasteiger partial charge in [-0.1, -0.05) is 20.3 Å². The SMILES string of the molecule is CCC(C)CC(=O)S(N)(=O)=O. The third-order valence-electron chi connectivity index (χ3n) is 1.53. The van der Waals surface area contributed by atoms with Crippen molar-refractivity contribution in [1.82, 2.24) is 0 Å². The molecule has 0 amide bonds. The van der Waals surface area contributed by atoms with Crippen molar-refractivity contribution in [3.8, 4) is 0 Å². The van der Waals surface area contributed by atoms with Crippen molar-refractivity contribution >= 4 is 15.1 Å². The van der Waals surface area contributed by atoms with Crippen LogP contribution in [0.15, 0.2) is 0 Å². The monoisotopic (exact) mass is 179 g/mol. The van der Waals surface area contributed by atoms with E-state index in [9.17, 15) is 13.2 Å². The van der Waals surface area contributed by atoms with Crippen LogP contribution < -0.4 is 5.14 Å². The van der Waals surface area contributed by atoms with Gasteiger partial charge in [-0.25, -0.2) is 13.6 Å². The zero-order valence-electron chi connectivity index (χ0n) is 6.70. The summed E-state index contributed by atoms with van der Waals surface area (Å²) >= 11 is 0. The van der Waals surface area contributed by atoms with Gasteiger partial charge in [0, 0.05) is 6.42 Å². The maximum absolute atomic E-state index is 10.7. The number of nitrogens with two attached hydrogens (primary N) is 1. The first kappa shape index (κ1) is 10.6. The Morgan fingerprint density at radius 2 is 2.00 bits per heavy atom. The van der Waals surface area contributed by atoms with Gasteiger partial charge in [-0.2, -0.15) is 0 Å². The topological polar surface area (TPSA) is 77.2 Å². The predicted octanol–water partition coefficient (Wildman–Crippen LogP) is 0.238. The van der Waals surface area contributed by atoms with E-state index in [1.165, 1.54) is 0 Å². The molecule has 0 heterocycles. The maximum Gasteiger partial charge on any atom is 0.271 e. The molecule has 0 aromatic carbocycles. The van der Waals surface area contributed by atoms with Crippen molar-refractivity contribution in [3.05, 3.63) is 0 Å². The molecule has 0 aliphatic heterocycles. The van der Waals surface area contributed by atoms with Gasteiger partial charge in [-0.3, -0.25) is 4.79 Å². The highest BCUT2D eigenvalue weighted by molar-refractivity contribution is 8.04. The van der Waals surface area contributed by atoms with Crippen molar-refractivity contribution in [2.24, 2.45) is 11.1 Å². The molecule has 0 rings (SSSR count). The van der Waals surface area contributed by atoms with Crippen LogP contribution in [0, 0.1) is 5.92 Å². The lowest BCUT2D eigenvalue weighted by Crippen LogP contribution is -2.24. The summed E-state index contributed by atoms with van der Waals surface area (Å²) in [6, 6.07) is 0. The van der Waals surface area contributed by atoms with E-state index in [0.717, 1.165) is 6.42 Å². The van der Waals surface area contributed by atoms with Crippen LogP contribution in [-0.2, 0) is 14.8 Å². The molecule has 0 saturated heterocycles. The highest BCUT2D eigenvalue weighted by atomic mass is 32.2. The molecule has 0 aliphatic rings. The Labute approximate surface area is 66.8 Å². The van der Waals surface area contributed by atoms with Gasteiger partial charge in [0.05, 0.1) is 0 Å². The molecule has 4 nitrogen and oxygen atoms in total. The Kier molecular flexibility index (Phi) is 3.68. The highest BCUT2D eigenvalue weighted by Gasteiger charge is 2.18. The molecule has 11 heavy (non-hydrogen) atoms. The molecule has 1 atom stereocenters. The minimum Gasteiger partial charge on any atom is -0.280 e. The van der Waals surface area contributed by atoms with E-state index in [0.29, 0.717) is 0 Å². The second-order valence-corrected chi connectivity index (χ2v) is 4.18. The second kappa shape index (κ2) is 3.82. The number of hydrogen-bond donors (Lipinski definition) is 1. The molecule has 0 aromatic rings. The predicted molar refractivity (Wildman–Crippen MR) is 42.2 cm³/mol. The zero-order chi connectivity index (χ0) is 9.07. The largest absolute Gasteiger partial charge is 0.280 e. The van der Waals surface area contributed by atoms with Crippen LogP contribution in [-0.4, -0.2) is 13.5 Å². The number of carbonyl (C=O) groups is 1. The van der Waals surface area contributed by atoms with Gasteiger partial charge in [0.15, 0.2) is 0 Å². The summed E-state index contributed by atoms with van der Waals surface area (Å²) in [6.07, 6.45) is 0.802. The third-order valence-corrected chi connectivity index (χ3v) is 2.33. The lowest BCUT2D eigenvalue weighted by atomic mass is 10.1. The highest BCUT2D eigenvalue weighted by Crippen LogP contribution is 2.07. The maximum atomic E-state index is 10.7. The van der Waals surface area contributed by atoms with Crippen LogP contribution in [0.3, 0.4) is 0 Å². The molecule has 0 spiro atoms. The van der Waals surface area contributed by atoms with Gasteiger partial charge in [0.2, 0.25) is 0 Å². The summed E-state index contributed by atoms with van der Waals surface area (Å²) in [6.45, 7) is 3.70. The van der Waals surface area contributed by atoms with E-state index in [-0.39, 0.29) is 12.3 Å². The van der Waals surface area contributed by atoms with E-state index < -0.39 is 15.1 Å². The summed E-state index contributed by atoms with van der Waals surface area (Å²) in [5.41, 5.74) is 0. The first-order valence-electron chi connectivity index (χ1n) is 3.43. The summed E-state index contributed by atoms with van der Waals surface area (Å²) in [5, 5.41) is 3.74. The Morgan fingerprint density at radius 1 is 1.55 bits per heavy atom. The van der Waals surface area contributed by atoms with Crippen LogP contribution >= 0.6 is 0 Å². The lowest BCUT2D eigenvalue weighted by Gasteiger charge is -2.04. The first-order chi connectivity index (χ1) is 4.88. The summed E-state index contributed by atoms with van der Waals surface area (Å²) in [5.74, 6) is 0.0841. The molecule has 0 aliphatic carbocycles.